The molecular weight excluding hydrogens is 288 g/mol. The molecule has 1 aromatic rings. The SMILES string of the molecule is Cc1ccc(C(CBr)OC2CCC(C)CC2)cc1. The lowest BCUT2D eigenvalue weighted by atomic mass is 9.89. The molecule has 1 aliphatic rings. The highest BCUT2D eigenvalue weighted by Gasteiger charge is 2.22. The molecule has 2 heteroatoms. The molecule has 100 valence electrons. The zero-order valence-electron chi connectivity index (χ0n) is 11.4. The van der Waals surface area contributed by atoms with Crippen LogP contribution in [-0.2, 0) is 4.74 Å². The average molecular weight is 311 g/mol. The number of benzene rings is 1. The molecule has 0 aliphatic heterocycles. The van der Waals surface area contributed by atoms with Crippen molar-refractivity contribution in [2.45, 2.75) is 51.7 Å². The van der Waals surface area contributed by atoms with Crippen molar-refractivity contribution in [1.82, 2.24) is 0 Å². The van der Waals surface area contributed by atoms with Gasteiger partial charge in [0.25, 0.3) is 0 Å². The molecule has 0 saturated heterocycles. The van der Waals surface area contributed by atoms with E-state index in [1.165, 1.54) is 36.8 Å². The summed E-state index contributed by atoms with van der Waals surface area (Å²) in [6, 6.07) is 8.70. The maximum absolute atomic E-state index is 6.27. The smallest absolute Gasteiger partial charge is 0.0925 e. The van der Waals surface area contributed by atoms with Crippen LogP contribution in [0.2, 0.25) is 0 Å². The summed E-state index contributed by atoms with van der Waals surface area (Å²) in [6.45, 7) is 4.47. The van der Waals surface area contributed by atoms with Gasteiger partial charge in [0, 0.05) is 5.33 Å². The molecule has 0 radical (unpaired) electrons. The predicted octanol–water partition coefficient (Wildman–Crippen LogP) is 5.03. The van der Waals surface area contributed by atoms with Crippen LogP contribution >= 0.6 is 15.9 Å². The van der Waals surface area contributed by atoms with Gasteiger partial charge in [-0.2, -0.15) is 0 Å². The first-order valence-electron chi connectivity index (χ1n) is 6.97. The van der Waals surface area contributed by atoms with Crippen LogP contribution in [-0.4, -0.2) is 11.4 Å². The van der Waals surface area contributed by atoms with Crippen LogP contribution in [0.5, 0.6) is 0 Å². The lowest BCUT2D eigenvalue weighted by Crippen LogP contribution is -2.23. The molecule has 1 nitrogen and oxygen atoms in total. The van der Waals surface area contributed by atoms with Gasteiger partial charge in [-0.15, -0.1) is 0 Å². The summed E-state index contributed by atoms with van der Waals surface area (Å²) in [5.74, 6) is 0.881. The Morgan fingerprint density at radius 1 is 1.17 bits per heavy atom. The Kier molecular flexibility index (Phi) is 5.25. The van der Waals surface area contributed by atoms with E-state index >= 15 is 0 Å². The molecule has 1 fully saturated rings. The topological polar surface area (TPSA) is 9.23 Å². The molecule has 2 rings (SSSR count). The number of alkyl halides is 1. The van der Waals surface area contributed by atoms with E-state index in [1.807, 2.05) is 0 Å². The van der Waals surface area contributed by atoms with Gasteiger partial charge in [-0.1, -0.05) is 52.7 Å². The summed E-state index contributed by atoms with van der Waals surface area (Å²) in [6.07, 6.45) is 5.71. The average Bonchev–Trinajstić information content (AvgIpc) is 2.39. The quantitative estimate of drug-likeness (QED) is 0.709. The molecule has 0 N–H and O–H groups in total. The third kappa shape index (κ3) is 3.83. The molecule has 1 atom stereocenters. The van der Waals surface area contributed by atoms with Crippen LogP contribution in [0.1, 0.15) is 49.8 Å². The Morgan fingerprint density at radius 2 is 1.78 bits per heavy atom. The van der Waals surface area contributed by atoms with Gasteiger partial charge in [-0.05, 0) is 44.1 Å². The monoisotopic (exact) mass is 310 g/mol. The van der Waals surface area contributed by atoms with Gasteiger partial charge in [-0.25, -0.2) is 0 Å². The Hall–Kier alpha value is -0.340. The summed E-state index contributed by atoms with van der Waals surface area (Å²) in [5, 5.41) is 0.877. The zero-order chi connectivity index (χ0) is 13.0. The first-order valence-corrected chi connectivity index (χ1v) is 8.09. The molecule has 18 heavy (non-hydrogen) atoms. The minimum Gasteiger partial charge on any atom is -0.369 e. The minimum atomic E-state index is 0.198. The second-order valence-corrected chi connectivity index (χ2v) is 6.22. The largest absolute Gasteiger partial charge is 0.369 e. The Labute approximate surface area is 119 Å². The summed E-state index contributed by atoms with van der Waals surface area (Å²) in [7, 11) is 0. The van der Waals surface area contributed by atoms with E-state index in [-0.39, 0.29) is 6.10 Å². The molecule has 1 saturated carbocycles. The maximum Gasteiger partial charge on any atom is 0.0925 e. The van der Waals surface area contributed by atoms with Crippen molar-refractivity contribution in [2.24, 2.45) is 5.92 Å². The van der Waals surface area contributed by atoms with E-state index in [1.54, 1.807) is 0 Å². The van der Waals surface area contributed by atoms with Crippen LogP contribution in [0.4, 0.5) is 0 Å². The maximum atomic E-state index is 6.27. The van der Waals surface area contributed by atoms with Crippen molar-refractivity contribution in [3.63, 3.8) is 0 Å². The Bertz CT molecular complexity index is 352. The fraction of sp³-hybridized carbons (Fsp3) is 0.625. The lowest BCUT2D eigenvalue weighted by molar-refractivity contribution is -0.0255. The summed E-state index contributed by atoms with van der Waals surface area (Å²) in [5.41, 5.74) is 2.59. The lowest BCUT2D eigenvalue weighted by Gasteiger charge is -2.29. The number of halogens is 1. The first-order chi connectivity index (χ1) is 8.69. The number of hydrogen-bond acceptors (Lipinski definition) is 1. The minimum absolute atomic E-state index is 0.198. The standard InChI is InChI=1S/C16H23BrO/c1-12-3-7-14(8-4-12)16(11-17)18-15-9-5-13(2)6-10-15/h3-4,7-8,13,15-16H,5-6,9-11H2,1-2H3. The fourth-order valence-electron chi connectivity index (χ4n) is 2.58. The van der Waals surface area contributed by atoms with Gasteiger partial charge >= 0.3 is 0 Å². The zero-order valence-corrected chi connectivity index (χ0v) is 12.9. The molecule has 0 aromatic heterocycles. The van der Waals surface area contributed by atoms with Gasteiger partial charge < -0.3 is 4.74 Å². The van der Waals surface area contributed by atoms with E-state index in [9.17, 15) is 0 Å². The summed E-state index contributed by atoms with van der Waals surface area (Å²) < 4.78 is 6.27. The Balaban J connectivity index is 1.94. The van der Waals surface area contributed by atoms with Gasteiger partial charge in [0.1, 0.15) is 0 Å². The fourth-order valence-corrected chi connectivity index (χ4v) is 3.11. The number of aryl methyl sites for hydroxylation is 1. The van der Waals surface area contributed by atoms with Gasteiger partial charge in [0.05, 0.1) is 12.2 Å². The van der Waals surface area contributed by atoms with Crippen molar-refractivity contribution >= 4 is 15.9 Å². The molecular formula is C16H23BrO. The van der Waals surface area contributed by atoms with E-state index in [0.29, 0.717) is 6.10 Å². The van der Waals surface area contributed by atoms with Crippen molar-refractivity contribution in [3.8, 4) is 0 Å². The van der Waals surface area contributed by atoms with E-state index < -0.39 is 0 Å². The van der Waals surface area contributed by atoms with Crippen LogP contribution in [0, 0.1) is 12.8 Å². The first kappa shape index (κ1) is 14.1. The van der Waals surface area contributed by atoms with Crippen molar-refractivity contribution in [3.05, 3.63) is 35.4 Å². The normalized spacial score (nSPS) is 25.9. The number of ether oxygens (including phenoxy) is 1. The van der Waals surface area contributed by atoms with Gasteiger partial charge in [-0.3, -0.25) is 0 Å². The van der Waals surface area contributed by atoms with Gasteiger partial charge in [0.2, 0.25) is 0 Å². The van der Waals surface area contributed by atoms with Crippen LogP contribution in [0.3, 0.4) is 0 Å². The predicted molar refractivity (Wildman–Crippen MR) is 80.2 cm³/mol. The highest BCUT2D eigenvalue weighted by atomic mass is 79.9. The number of rotatable bonds is 4. The summed E-state index contributed by atoms with van der Waals surface area (Å²) in [4.78, 5) is 0. The van der Waals surface area contributed by atoms with Crippen molar-refractivity contribution < 1.29 is 4.74 Å². The molecule has 0 bridgehead atoms. The van der Waals surface area contributed by atoms with Gasteiger partial charge in [0.15, 0.2) is 0 Å². The molecule has 0 amide bonds. The van der Waals surface area contributed by atoms with Crippen molar-refractivity contribution in [2.75, 3.05) is 5.33 Å². The van der Waals surface area contributed by atoms with Crippen molar-refractivity contribution in [1.29, 1.82) is 0 Å². The second-order valence-electron chi connectivity index (χ2n) is 5.57. The highest BCUT2D eigenvalue weighted by molar-refractivity contribution is 9.09. The third-order valence-corrected chi connectivity index (χ3v) is 4.50. The van der Waals surface area contributed by atoms with E-state index in [4.69, 9.17) is 4.74 Å². The molecule has 1 aromatic carbocycles. The van der Waals surface area contributed by atoms with E-state index in [2.05, 4.69) is 54.0 Å². The molecule has 0 heterocycles. The molecule has 0 spiro atoms. The second kappa shape index (κ2) is 6.72. The molecule has 1 aliphatic carbocycles. The highest BCUT2D eigenvalue weighted by Crippen LogP contribution is 2.30. The Morgan fingerprint density at radius 3 is 2.33 bits per heavy atom. The van der Waals surface area contributed by atoms with Crippen LogP contribution < -0.4 is 0 Å². The van der Waals surface area contributed by atoms with E-state index in [0.717, 1.165) is 11.2 Å². The van der Waals surface area contributed by atoms with Crippen LogP contribution in [0.15, 0.2) is 24.3 Å². The summed E-state index contributed by atoms with van der Waals surface area (Å²) >= 11 is 3.58. The van der Waals surface area contributed by atoms with Crippen LogP contribution in [0.25, 0.3) is 0 Å². The molecule has 1 unspecified atom stereocenters. The third-order valence-electron chi connectivity index (χ3n) is 3.91. The number of hydrogen-bond donors (Lipinski definition) is 0.